The largest absolute Gasteiger partial charge is 0.482 e. The molecular formula is C17H25ClO5. The number of halogens is 1. The molecule has 130 valence electrons. The van der Waals surface area contributed by atoms with Crippen LogP contribution >= 0.6 is 11.6 Å². The van der Waals surface area contributed by atoms with E-state index >= 15 is 0 Å². The number of carbonyl (C=O) groups excluding carboxylic acids is 1. The fourth-order valence-corrected chi connectivity index (χ4v) is 1.96. The molecule has 0 atom stereocenters. The SMILES string of the molecule is CCCCOCCOCCOC(=O)COc1ccc(Cl)cc1C. The van der Waals surface area contributed by atoms with Crippen LogP contribution in [0.15, 0.2) is 18.2 Å². The van der Waals surface area contributed by atoms with Crippen LogP contribution in [0, 0.1) is 6.92 Å². The average molecular weight is 345 g/mol. The molecule has 0 fully saturated rings. The number of hydrogen-bond donors (Lipinski definition) is 0. The molecule has 5 nitrogen and oxygen atoms in total. The molecule has 6 heteroatoms. The lowest BCUT2D eigenvalue weighted by atomic mass is 10.2. The molecule has 23 heavy (non-hydrogen) atoms. The Bertz CT molecular complexity index is 464. The van der Waals surface area contributed by atoms with Gasteiger partial charge < -0.3 is 18.9 Å². The minimum Gasteiger partial charge on any atom is -0.482 e. The van der Waals surface area contributed by atoms with Crippen molar-refractivity contribution in [2.75, 3.05) is 39.6 Å². The monoisotopic (exact) mass is 344 g/mol. The Kier molecular flexibility index (Phi) is 10.4. The van der Waals surface area contributed by atoms with Crippen LogP contribution in [-0.4, -0.2) is 45.6 Å². The Balaban J connectivity index is 2.02. The van der Waals surface area contributed by atoms with E-state index in [0.717, 1.165) is 25.0 Å². The van der Waals surface area contributed by atoms with E-state index in [4.69, 9.17) is 30.5 Å². The molecular weight excluding hydrogens is 320 g/mol. The summed E-state index contributed by atoms with van der Waals surface area (Å²) in [6.07, 6.45) is 2.18. The molecule has 0 spiro atoms. The van der Waals surface area contributed by atoms with Crippen LogP contribution in [-0.2, 0) is 19.0 Å². The number of unbranched alkanes of at least 4 members (excludes halogenated alkanes) is 1. The highest BCUT2D eigenvalue weighted by atomic mass is 35.5. The third-order valence-corrected chi connectivity index (χ3v) is 3.22. The lowest BCUT2D eigenvalue weighted by Crippen LogP contribution is -2.18. The molecule has 0 unspecified atom stereocenters. The summed E-state index contributed by atoms with van der Waals surface area (Å²) >= 11 is 5.86. The van der Waals surface area contributed by atoms with Crippen LogP contribution in [0.2, 0.25) is 5.02 Å². The Morgan fingerprint density at radius 1 is 1.09 bits per heavy atom. The summed E-state index contributed by atoms with van der Waals surface area (Å²) in [5.74, 6) is 0.189. The van der Waals surface area contributed by atoms with Crippen LogP contribution in [0.5, 0.6) is 5.75 Å². The van der Waals surface area contributed by atoms with Crippen molar-refractivity contribution in [1.82, 2.24) is 0 Å². The fourth-order valence-electron chi connectivity index (χ4n) is 1.74. The second-order valence-electron chi connectivity index (χ2n) is 5.00. The predicted molar refractivity (Wildman–Crippen MR) is 89.2 cm³/mol. The minimum atomic E-state index is -0.429. The van der Waals surface area contributed by atoms with E-state index in [1.807, 2.05) is 6.92 Å². The molecule has 0 saturated carbocycles. The number of aryl methyl sites for hydroxylation is 1. The zero-order valence-electron chi connectivity index (χ0n) is 13.8. The Hall–Kier alpha value is -1.30. The van der Waals surface area contributed by atoms with Gasteiger partial charge in [-0.15, -0.1) is 0 Å². The molecule has 1 aromatic rings. The molecule has 0 aliphatic rings. The van der Waals surface area contributed by atoms with Gasteiger partial charge in [0.05, 0.1) is 19.8 Å². The quantitative estimate of drug-likeness (QED) is 0.429. The highest BCUT2D eigenvalue weighted by Crippen LogP contribution is 2.21. The van der Waals surface area contributed by atoms with Crippen molar-refractivity contribution in [2.45, 2.75) is 26.7 Å². The summed E-state index contributed by atoms with van der Waals surface area (Å²) in [7, 11) is 0. The summed E-state index contributed by atoms with van der Waals surface area (Å²) < 4.78 is 21.1. The second-order valence-corrected chi connectivity index (χ2v) is 5.43. The maximum atomic E-state index is 11.5. The summed E-state index contributed by atoms with van der Waals surface area (Å²) in [6.45, 7) is 6.22. The van der Waals surface area contributed by atoms with Gasteiger partial charge in [-0.25, -0.2) is 4.79 Å². The molecule has 0 aliphatic carbocycles. The first-order valence-electron chi connectivity index (χ1n) is 7.83. The number of ether oxygens (including phenoxy) is 4. The Labute approximate surface area is 142 Å². The molecule has 0 aromatic heterocycles. The standard InChI is InChI=1S/C17H25ClO5/c1-3-4-7-20-8-9-21-10-11-22-17(19)13-23-16-6-5-15(18)12-14(16)2/h5-6,12H,3-4,7-11,13H2,1-2H3. The van der Waals surface area contributed by atoms with Crippen LogP contribution in [0.3, 0.4) is 0 Å². The van der Waals surface area contributed by atoms with Crippen LogP contribution in [0.1, 0.15) is 25.3 Å². The smallest absolute Gasteiger partial charge is 0.344 e. The van der Waals surface area contributed by atoms with Gasteiger partial charge in [0.2, 0.25) is 0 Å². The first-order valence-corrected chi connectivity index (χ1v) is 8.21. The number of hydrogen-bond acceptors (Lipinski definition) is 5. The van der Waals surface area contributed by atoms with Crippen LogP contribution < -0.4 is 4.74 Å². The maximum absolute atomic E-state index is 11.5. The number of rotatable bonds is 12. The lowest BCUT2D eigenvalue weighted by molar-refractivity contribution is -0.147. The number of benzene rings is 1. The molecule has 0 heterocycles. The van der Waals surface area contributed by atoms with Crippen molar-refractivity contribution >= 4 is 17.6 Å². The Morgan fingerprint density at radius 2 is 1.78 bits per heavy atom. The van der Waals surface area contributed by atoms with Crippen molar-refractivity contribution in [1.29, 1.82) is 0 Å². The summed E-state index contributed by atoms with van der Waals surface area (Å²) in [4.78, 5) is 11.5. The van der Waals surface area contributed by atoms with E-state index in [2.05, 4.69) is 6.92 Å². The molecule has 0 N–H and O–H groups in total. The average Bonchev–Trinajstić information content (AvgIpc) is 2.52. The summed E-state index contributed by atoms with van der Waals surface area (Å²) in [6, 6.07) is 5.22. The molecule has 0 amide bonds. The van der Waals surface area contributed by atoms with Crippen molar-refractivity contribution in [3.63, 3.8) is 0 Å². The highest BCUT2D eigenvalue weighted by molar-refractivity contribution is 6.30. The molecule has 1 rings (SSSR count). The van der Waals surface area contributed by atoms with Gasteiger partial charge in [0.25, 0.3) is 0 Å². The molecule has 0 saturated heterocycles. The van der Waals surface area contributed by atoms with Gasteiger partial charge in [-0.2, -0.15) is 0 Å². The van der Waals surface area contributed by atoms with E-state index in [9.17, 15) is 4.79 Å². The van der Waals surface area contributed by atoms with Gasteiger partial charge in [0.15, 0.2) is 6.61 Å². The normalized spacial score (nSPS) is 10.6. The van der Waals surface area contributed by atoms with E-state index in [1.165, 1.54) is 0 Å². The molecule has 0 radical (unpaired) electrons. The van der Waals surface area contributed by atoms with Crippen LogP contribution in [0.4, 0.5) is 0 Å². The van der Waals surface area contributed by atoms with Gasteiger partial charge in [-0.05, 0) is 37.1 Å². The molecule has 0 bridgehead atoms. The highest BCUT2D eigenvalue weighted by Gasteiger charge is 2.06. The van der Waals surface area contributed by atoms with Gasteiger partial charge >= 0.3 is 5.97 Å². The van der Waals surface area contributed by atoms with Gasteiger partial charge in [-0.1, -0.05) is 24.9 Å². The van der Waals surface area contributed by atoms with Gasteiger partial charge in [0.1, 0.15) is 12.4 Å². The maximum Gasteiger partial charge on any atom is 0.344 e. The Morgan fingerprint density at radius 3 is 2.48 bits per heavy atom. The van der Waals surface area contributed by atoms with Gasteiger partial charge in [0, 0.05) is 11.6 Å². The van der Waals surface area contributed by atoms with E-state index in [0.29, 0.717) is 30.6 Å². The van der Waals surface area contributed by atoms with Crippen molar-refractivity contribution in [3.8, 4) is 5.75 Å². The summed E-state index contributed by atoms with van der Waals surface area (Å²) in [5, 5.41) is 0.633. The molecule has 1 aromatic carbocycles. The topological polar surface area (TPSA) is 54.0 Å². The van der Waals surface area contributed by atoms with Crippen molar-refractivity contribution in [3.05, 3.63) is 28.8 Å². The third kappa shape index (κ3) is 9.43. The first-order chi connectivity index (χ1) is 11.1. The zero-order chi connectivity index (χ0) is 16.9. The minimum absolute atomic E-state index is 0.136. The van der Waals surface area contributed by atoms with E-state index in [-0.39, 0.29) is 13.2 Å². The van der Waals surface area contributed by atoms with Gasteiger partial charge in [-0.3, -0.25) is 0 Å². The number of carbonyl (C=O) groups is 1. The zero-order valence-corrected chi connectivity index (χ0v) is 14.6. The van der Waals surface area contributed by atoms with Crippen molar-refractivity contribution in [2.24, 2.45) is 0 Å². The summed E-state index contributed by atoms with van der Waals surface area (Å²) in [5.41, 5.74) is 0.872. The van der Waals surface area contributed by atoms with Crippen LogP contribution in [0.25, 0.3) is 0 Å². The van der Waals surface area contributed by atoms with Crippen molar-refractivity contribution < 1.29 is 23.7 Å². The predicted octanol–water partition coefficient (Wildman–Crippen LogP) is 3.40. The first kappa shape index (κ1) is 19.7. The van der Waals surface area contributed by atoms with E-state index in [1.54, 1.807) is 18.2 Å². The third-order valence-electron chi connectivity index (χ3n) is 2.99. The molecule has 0 aliphatic heterocycles. The second kappa shape index (κ2) is 12.2. The van der Waals surface area contributed by atoms with E-state index < -0.39 is 5.97 Å². The number of esters is 1. The lowest BCUT2D eigenvalue weighted by Gasteiger charge is -2.09. The fraction of sp³-hybridized carbons (Fsp3) is 0.588.